The van der Waals surface area contributed by atoms with Crippen LogP contribution in [0.4, 0.5) is 5.69 Å². The van der Waals surface area contributed by atoms with Crippen molar-refractivity contribution in [3.63, 3.8) is 0 Å². The van der Waals surface area contributed by atoms with Gasteiger partial charge in [0.05, 0.1) is 17.2 Å². The largest absolute Gasteiger partial charge is 0.321 e. The number of fused-ring (bicyclic) bond motifs is 2. The summed E-state index contributed by atoms with van der Waals surface area (Å²) in [6, 6.07) is 14.4. The van der Waals surface area contributed by atoms with Gasteiger partial charge in [-0.25, -0.2) is 4.98 Å². The van der Waals surface area contributed by atoms with Gasteiger partial charge in [-0.2, -0.15) is 0 Å². The molecule has 0 radical (unpaired) electrons. The predicted molar refractivity (Wildman–Crippen MR) is 92.1 cm³/mol. The molecule has 0 aliphatic heterocycles. The van der Waals surface area contributed by atoms with E-state index in [0.717, 1.165) is 10.8 Å². The fraction of sp³-hybridized carbons (Fsp3) is 0. The van der Waals surface area contributed by atoms with E-state index in [2.05, 4.69) is 20.3 Å². The highest BCUT2D eigenvalue weighted by Gasteiger charge is 2.12. The zero-order valence-corrected chi connectivity index (χ0v) is 12.5. The fourth-order valence-corrected chi connectivity index (χ4v) is 2.64. The Kier molecular flexibility index (Phi) is 3.28. The molecular weight excluding hydrogens is 304 g/mol. The summed E-state index contributed by atoms with van der Waals surface area (Å²) in [5.41, 5.74) is 1.17. The van der Waals surface area contributed by atoms with Crippen LogP contribution < -0.4 is 10.9 Å². The summed E-state index contributed by atoms with van der Waals surface area (Å²) in [6.07, 6.45) is 2.95. The summed E-state index contributed by atoms with van der Waals surface area (Å²) in [5.74, 6) is -0.327. The summed E-state index contributed by atoms with van der Waals surface area (Å²) in [5, 5.41) is 4.92. The number of carbonyl (C=O) groups excluding carboxylic acids is 1. The maximum atomic E-state index is 12.6. The van der Waals surface area contributed by atoms with E-state index < -0.39 is 0 Å². The van der Waals surface area contributed by atoms with Gasteiger partial charge < -0.3 is 10.3 Å². The third-order valence-corrected chi connectivity index (χ3v) is 3.79. The molecule has 2 aromatic carbocycles. The Hall–Kier alpha value is -3.54. The van der Waals surface area contributed by atoms with Crippen LogP contribution in [0.5, 0.6) is 0 Å². The highest BCUT2D eigenvalue weighted by atomic mass is 16.2. The highest BCUT2D eigenvalue weighted by molar-refractivity contribution is 6.11. The van der Waals surface area contributed by atoms with Crippen molar-refractivity contribution in [2.75, 3.05) is 5.32 Å². The minimum Gasteiger partial charge on any atom is -0.321 e. The van der Waals surface area contributed by atoms with Gasteiger partial charge >= 0.3 is 0 Å². The number of carbonyl (C=O) groups is 1. The van der Waals surface area contributed by atoms with Crippen molar-refractivity contribution < 1.29 is 4.79 Å². The summed E-state index contributed by atoms with van der Waals surface area (Å²) in [4.78, 5) is 35.2. The minimum atomic E-state index is -0.327. The van der Waals surface area contributed by atoms with Crippen LogP contribution in [0.15, 0.2) is 65.8 Å². The maximum Gasteiger partial charge on any atom is 0.274 e. The predicted octanol–water partition coefficient (Wildman–Crippen LogP) is 2.72. The third kappa shape index (κ3) is 2.40. The van der Waals surface area contributed by atoms with E-state index in [-0.39, 0.29) is 11.5 Å². The molecule has 0 fully saturated rings. The van der Waals surface area contributed by atoms with E-state index >= 15 is 0 Å². The van der Waals surface area contributed by atoms with E-state index in [1.165, 1.54) is 6.33 Å². The number of benzene rings is 2. The van der Waals surface area contributed by atoms with Gasteiger partial charge in [0.2, 0.25) is 0 Å². The zero-order valence-electron chi connectivity index (χ0n) is 12.5. The van der Waals surface area contributed by atoms with Crippen molar-refractivity contribution in [3.8, 4) is 0 Å². The molecule has 2 aromatic heterocycles. The topological polar surface area (TPSA) is 87.7 Å². The second kappa shape index (κ2) is 5.58. The SMILES string of the molecule is O=C(Nc1ccc2nc[nH]c(=O)c2c1)c1nccc2ccccc12. The molecule has 6 nitrogen and oxygen atoms in total. The van der Waals surface area contributed by atoms with Crippen LogP contribution in [0, 0.1) is 0 Å². The first kappa shape index (κ1) is 14.1. The van der Waals surface area contributed by atoms with Crippen LogP contribution in [0.3, 0.4) is 0 Å². The van der Waals surface area contributed by atoms with Gasteiger partial charge in [-0.3, -0.25) is 14.6 Å². The Morgan fingerprint density at radius 1 is 1.00 bits per heavy atom. The first-order valence-electron chi connectivity index (χ1n) is 7.35. The van der Waals surface area contributed by atoms with Gasteiger partial charge in [0.25, 0.3) is 11.5 Å². The molecule has 4 aromatic rings. The first-order valence-corrected chi connectivity index (χ1v) is 7.35. The number of hydrogen-bond donors (Lipinski definition) is 2. The summed E-state index contributed by atoms with van der Waals surface area (Å²) in [6.45, 7) is 0. The van der Waals surface area contributed by atoms with Gasteiger partial charge in [0, 0.05) is 17.3 Å². The van der Waals surface area contributed by atoms with Crippen LogP contribution in [-0.2, 0) is 0 Å². The van der Waals surface area contributed by atoms with Gasteiger partial charge in [0.1, 0.15) is 5.69 Å². The smallest absolute Gasteiger partial charge is 0.274 e. The van der Waals surface area contributed by atoms with Gasteiger partial charge in [-0.05, 0) is 29.7 Å². The second-order valence-electron chi connectivity index (χ2n) is 5.30. The molecule has 0 saturated carbocycles. The van der Waals surface area contributed by atoms with Crippen molar-refractivity contribution in [3.05, 3.63) is 77.1 Å². The molecule has 2 N–H and O–H groups in total. The Balaban J connectivity index is 1.73. The second-order valence-corrected chi connectivity index (χ2v) is 5.30. The lowest BCUT2D eigenvalue weighted by atomic mass is 10.1. The molecule has 1 amide bonds. The number of anilines is 1. The normalized spacial score (nSPS) is 10.8. The molecule has 0 unspecified atom stereocenters. The average Bonchev–Trinajstić information content (AvgIpc) is 2.62. The summed E-state index contributed by atoms with van der Waals surface area (Å²) < 4.78 is 0. The fourth-order valence-electron chi connectivity index (χ4n) is 2.64. The monoisotopic (exact) mass is 316 g/mol. The number of aromatic amines is 1. The quantitative estimate of drug-likeness (QED) is 0.595. The molecule has 116 valence electrons. The van der Waals surface area contributed by atoms with E-state index in [1.807, 2.05) is 30.3 Å². The van der Waals surface area contributed by atoms with E-state index in [4.69, 9.17) is 0 Å². The van der Waals surface area contributed by atoms with Crippen LogP contribution in [0.1, 0.15) is 10.5 Å². The number of H-pyrrole nitrogens is 1. The summed E-state index contributed by atoms with van der Waals surface area (Å²) >= 11 is 0. The molecule has 0 aliphatic carbocycles. The van der Waals surface area contributed by atoms with Crippen LogP contribution >= 0.6 is 0 Å². The lowest BCUT2D eigenvalue weighted by Gasteiger charge is -2.08. The van der Waals surface area contributed by atoms with E-state index in [9.17, 15) is 9.59 Å². The summed E-state index contributed by atoms with van der Waals surface area (Å²) in [7, 11) is 0. The molecule has 6 heteroatoms. The standard InChI is InChI=1S/C18H12N4O2/c23-17-14-9-12(5-6-15(14)20-10-21-17)22-18(24)16-13-4-2-1-3-11(13)7-8-19-16/h1-10H,(H,22,24)(H,20,21,23). The highest BCUT2D eigenvalue weighted by Crippen LogP contribution is 2.19. The van der Waals surface area contributed by atoms with Gasteiger partial charge in [-0.1, -0.05) is 24.3 Å². The maximum absolute atomic E-state index is 12.6. The van der Waals surface area contributed by atoms with Crippen molar-refractivity contribution >= 4 is 33.3 Å². The Labute approximate surface area is 136 Å². The average molecular weight is 316 g/mol. The third-order valence-electron chi connectivity index (χ3n) is 3.79. The number of nitrogens with zero attached hydrogens (tertiary/aromatic N) is 2. The number of rotatable bonds is 2. The minimum absolute atomic E-state index is 0.251. The first-order chi connectivity index (χ1) is 11.7. The van der Waals surface area contributed by atoms with Crippen LogP contribution in [0.25, 0.3) is 21.7 Å². The number of nitrogens with one attached hydrogen (secondary N) is 2. The molecule has 0 spiro atoms. The Morgan fingerprint density at radius 2 is 1.88 bits per heavy atom. The molecule has 24 heavy (non-hydrogen) atoms. The Morgan fingerprint density at radius 3 is 2.79 bits per heavy atom. The van der Waals surface area contributed by atoms with Gasteiger partial charge in [-0.15, -0.1) is 0 Å². The van der Waals surface area contributed by atoms with Crippen molar-refractivity contribution in [2.24, 2.45) is 0 Å². The molecule has 2 heterocycles. The van der Waals surface area contributed by atoms with Gasteiger partial charge in [0.15, 0.2) is 0 Å². The number of amides is 1. The molecule has 0 saturated heterocycles. The van der Waals surface area contributed by atoms with E-state index in [1.54, 1.807) is 24.4 Å². The lowest BCUT2D eigenvalue weighted by molar-refractivity contribution is 0.102. The Bertz CT molecular complexity index is 1130. The van der Waals surface area contributed by atoms with Crippen molar-refractivity contribution in [2.45, 2.75) is 0 Å². The van der Waals surface area contributed by atoms with Crippen molar-refractivity contribution in [1.29, 1.82) is 0 Å². The lowest BCUT2D eigenvalue weighted by Crippen LogP contribution is -2.14. The van der Waals surface area contributed by atoms with Crippen LogP contribution in [0.2, 0.25) is 0 Å². The number of hydrogen-bond acceptors (Lipinski definition) is 4. The number of aromatic nitrogens is 3. The van der Waals surface area contributed by atoms with Crippen molar-refractivity contribution in [1.82, 2.24) is 15.0 Å². The van der Waals surface area contributed by atoms with Crippen LogP contribution in [-0.4, -0.2) is 20.9 Å². The molecule has 4 rings (SSSR count). The van der Waals surface area contributed by atoms with E-state index in [0.29, 0.717) is 22.3 Å². The molecule has 0 atom stereocenters. The zero-order chi connectivity index (χ0) is 16.5. The number of pyridine rings is 1. The molecular formula is C18H12N4O2. The molecule has 0 bridgehead atoms. The molecule has 0 aliphatic rings.